The molecule has 0 aromatic carbocycles. The fraction of sp³-hybridized carbons (Fsp3) is 0.875. The predicted molar refractivity (Wildman–Crippen MR) is 62.3 cm³/mol. The first-order chi connectivity index (χ1) is 6.90. The fourth-order valence-electron chi connectivity index (χ4n) is 0.779. The van der Waals surface area contributed by atoms with Crippen molar-refractivity contribution in [3.8, 4) is 0 Å². The Bertz CT molecular complexity index is 298. The molecule has 0 rings (SSSR count). The Morgan fingerprint density at radius 1 is 1.47 bits per heavy atom. The average molecular weight is 236 g/mol. The molecule has 0 saturated heterocycles. The third-order valence-electron chi connectivity index (χ3n) is 1.73. The molecule has 0 aromatic heterocycles. The van der Waals surface area contributed by atoms with Gasteiger partial charge in [-0.2, -0.15) is 0 Å². The average Bonchev–Trinajstić information content (AvgIpc) is 2.14. The Hall–Kier alpha value is -0.820. The van der Waals surface area contributed by atoms with Crippen LogP contribution in [-0.2, 0) is 10.0 Å². The summed E-state index contributed by atoms with van der Waals surface area (Å²) in [6, 6.07) is 0. The van der Waals surface area contributed by atoms with Gasteiger partial charge in [0.25, 0.3) is 0 Å². The summed E-state index contributed by atoms with van der Waals surface area (Å²) in [5.74, 6) is 0.313. The molecule has 0 aliphatic rings. The summed E-state index contributed by atoms with van der Waals surface area (Å²) in [5, 5.41) is 2.75. The molecule has 0 fully saturated rings. The molecule has 0 unspecified atom stereocenters. The molecule has 0 aliphatic carbocycles. The van der Waals surface area contributed by atoms with Gasteiger partial charge in [-0.3, -0.25) is 4.99 Å². The molecule has 0 amide bonds. The standard InChI is InChI=1S/C8H20N4O2S/c1-4-5-10-8(9)11-6-7-15(13,14)12(2)3/h4-7H2,1-3H3,(H3,9,10,11). The van der Waals surface area contributed by atoms with Gasteiger partial charge in [0.15, 0.2) is 5.96 Å². The quantitative estimate of drug-likeness (QED) is 0.466. The van der Waals surface area contributed by atoms with Crippen molar-refractivity contribution in [2.24, 2.45) is 10.7 Å². The maximum Gasteiger partial charge on any atom is 0.215 e. The van der Waals surface area contributed by atoms with Gasteiger partial charge in [0.1, 0.15) is 0 Å². The lowest BCUT2D eigenvalue weighted by molar-refractivity contribution is 0.520. The lowest BCUT2D eigenvalue weighted by Gasteiger charge is -2.11. The summed E-state index contributed by atoms with van der Waals surface area (Å²) in [7, 11) is -0.146. The smallest absolute Gasteiger partial charge is 0.215 e. The van der Waals surface area contributed by atoms with Crippen molar-refractivity contribution in [3.05, 3.63) is 0 Å². The van der Waals surface area contributed by atoms with E-state index < -0.39 is 10.0 Å². The van der Waals surface area contributed by atoms with Crippen LogP contribution in [0, 0.1) is 0 Å². The zero-order valence-corrected chi connectivity index (χ0v) is 10.3. The van der Waals surface area contributed by atoms with Crippen LogP contribution >= 0.6 is 0 Å². The molecular weight excluding hydrogens is 216 g/mol. The van der Waals surface area contributed by atoms with E-state index in [9.17, 15) is 8.42 Å². The third kappa shape index (κ3) is 6.29. The summed E-state index contributed by atoms with van der Waals surface area (Å²) in [6.45, 7) is 2.92. The number of nitrogens with one attached hydrogen (secondary N) is 1. The molecule has 6 nitrogen and oxygen atoms in total. The van der Waals surface area contributed by atoms with Crippen LogP contribution in [0.25, 0.3) is 0 Å². The van der Waals surface area contributed by atoms with Gasteiger partial charge in [0.05, 0.1) is 5.75 Å². The van der Waals surface area contributed by atoms with E-state index in [2.05, 4.69) is 10.3 Å². The summed E-state index contributed by atoms with van der Waals surface area (Å²) in [4.78, 5) is 3.98. The van der Waals surface area contributed by atoms with Crippen LogP contribution < -0.4 is 11.1 Å². The minimum Gasteiger partial charge on any atom is -0.370 e. The van der Waals surface area contributed by atoms with Crippen LogP contribution in [0.3, 0.4) is 0 Å². The second kappa shape index (κ2) is 6.62. The van der Waals surface area contributed by atoms with Gasteiger partial charge in [0, 0.05) is 27.2 Å². The highest BCUT2D eigenvalue weighted by atomic mass is 32.2. The molecule has 0 aliphatic heterocycles. The third-order valence-corrected chi connectivity index (χ3v) is 3.56. The normalized spacial score (nSPS) is 13.2. The van der Waals surface area contributed by atoms with Crippen LogP contribution in [0.4, 0.5) is 0 Å². The van der Waals surface area contributed by atoms with Crippen molar-refractivity contribution >= 4 is 16.0 Å². The van der Waals surface area contributed by atoms with E-state index in [0.29, 0.717) is 12.5 Å². The van der Waals surface area contributed by atoms with Crippen molar-refractivity contribution in [3.63, 3.8) is 0 Å². The van der Waals surface area contributed by atoms with E-state index in [1.54, 1.807) is 0 Å². The highest BCUT2D eigenvalue weighted by Gasteiger charge is 2.12. The number of hydrogen-bond donors (Lipinski definition) is 2. The second-order valence-electron chi connectivity index (χ2n) is 3.29. The van der Waals surface area contributed by atoms with Gasteiger partial charge >= 0.3 is 0 Å². The maximum absolute atomic E-state index is 11.3. The van der Waals surface area contributed by atoms with Crippen LogP contribution in [-0.4, -0.2) is 51.6 Å². The van der Waals surface area contributed by atoms with Crippen molar-refractivity contribution in [1.29, 1.82) is 0 Å². The van der Waals surface area contributed by atoms with E-state index in [4.69, 9.17) is 5.73 Å². The van der Waals surface area contributed by atoms with Crippen LogP contribution in [0.2, 0.25) is 0 Å². The van der Waals surface area contributed by atoms with Gasteiger partial charge in [-0.25, -0.2) is 12.7 Å². The molecule has 90 valence electrons. The Kier molecular flexibility index (Phi) is 6.26. The van der Waals surface area contributed by atoms with Crippen molar-refractivity contribution in [2.75, 3.05) is 32.9 Å². The Morgan fingerprint density at radius 3 is 2.53 bits per heavy atom. The first-order valence-electron chi connectivity index (χ1n) is 4.84. The number of rotatable bonds is 6. The second-order valence-corrected chi connectivity index (χ2v) is 5.59. The van der Waals surface area contributed by atoms with E-state index in [-0.39, 0.29) is 12.3 Å². The molecule has 3 N–H and O–H groups in total. The van der Waals surface area contributed by atoms with E-state index in [0.717, 1.165) is 6.42 Å². The van der Waals surface area contributed by atoms with Gasteiger partial charge in [0.2, 0.25) is 10.0 Å². The predicted octanol–water partition coefficient (Wildman–Crippen LogP) is -0.808. The number of hydrogen-bond acceptors (Lipinski definition) is 3. The lowest BCUT2D eigenvalue weighted by atomic mass is 10.5. The van der Waals surface area contributed by atoms with Crippen LogP contribution in [0.1, 0.15) is 13.3 Å². The van der Waals surface area contributed by atoms with Gasteiger partial charge < -0.3 is 11.1 Å². The monoisotopic (exact) mass is 236 g/mol. The first kappa shape index (κ1) is 14.2. The van der Waals surface area contributed by atoms with E-state index >= 15 is 0 Å². The largest absolute Gasteiger partial charge is 0.370 e. The maximum atomic E-state index is 11.3. The van der Waals surface area contributed by atoms with E-state index in [1.807, 2.05) is 6.92 Å². The Balaban J connectivity index is 3.90. The van der Waals surface area contributed by atoms with Gasteiger partial charge in [-0.05, 0) is 6.42 Å². The molecule has 15 heavy (non-hydrogen) atoms. The molecule has 7 heteroatoms. The van der Waals surface area contributed by atoms with Crippen LogP contribution in [0.5, 0.6) is 0 Å². The van der Waals surface area contributed by atoms with Crippen molar-refractivity contribution in [2.45, 2.75) is 13.3 Å². The van der Waals surface area contributed by atoms with Crippen LogP contribution in [0.15, 0.2) is 4.99 Å². The van der Waals surface area contributed by atoms with Gasteiger partial charge in [-0.1, -0.05) is 6.92 Å². The summed E-state index contributed by atoms with van der Waals surface area (Å²) < 4.78 is 23.9. The number of aliphatic imine (C=N–C) groups is 1. The fourth-order valence-corrected chi connectivity index (χ4v) is 1.50. The zero-order valence-electron chi connectivity index (χ0n) is 9.52. The lowest BCUT2D eigenvalue weighted by Crippen LogP contribution is -2.37. The first-order valence-corrected chi connectivity index (χ1v) is 6.45. The Labute approximate surface area is 91.6 Å². The van der Waals surface area contributed by atoms with Gasteiger partial charge in [-0.15, -0.1) is 0 Å². The minimum atomic E-state index is -3.15. The summed E-state index contributed by atoms with van der Waals surface area (Å²) in [5.41, 5.74) is 5.50. The number of sulfonamides is 1. The Morgan fingerprint density at radius 2 is 2.07 bits per heavy atom. The number of nitrogens with two attached hydrogens (primary N) is 1. The molecule has 0 saturated carbocycles. The minimum absolute atomic E-state index is 0.0162. The molecule has 0 radical (unpaired) electrons. The molecule has 0 bridgehead atoms. The highest BCUT2D eigenvalue weighted by Crippen LogP contribution is 1.91. The number of guanidine groups is 1. The zero-order chi connectivity index (χ0) is 11.9. The molecule has 0 spiro atoms. The highest BCUT2D eigenvalue weighted by molar-refractivity contribution is 7.89. The molecular formula is C8H20N4O2S. The summed E-state index contributed by atoms with van der Waals surface area (Å²) >= 11 is 0. The molecule has 0 atom stereocenters. The molecule has 0 aromatic rings. The summed E-state index contributed by atoms with van der Waals surface area (Å²) in [6.07, 6.45) is 0.915. The topological polar surface area (TPSA) is 87.8 Å². The van der Waals surface area contributed by atoms with Crippen molar-refractivity contribution < 1.29 is 8.42 Å². The number of nitrogens with zero attached hydrogens (tertiary/aromatic N) is 2. The molecule has 0 heterocycles. The van der Waals surface area contributed by atoms with E-state index in [1.165, 1.54) is 18.4 Å². The SMILES string of the molecule is CCCN=C(N)NCCS(=O)(=O)N(C)C. The van der Waals surface area contributed by atoms with Crippen molar-refractivity contribution in [1.82, 2.24) is 9.62 Å².